The van der Waals surface area contributed by atoms with Crippen molar-refractivity contribution in [2.75, 3.05) is 0 Å². The quantitative estimate of drug-likeness (QED) is 0.827. The van der Waals surface area contributed by atoms with E-state index in [0.29, 0.717) is 6.42 Å². The van der Waals surface area contributed by atoms with Gasteiger partial charge in [-0.3, -0.25) is 0 Å². The monoisotopic (exact) mass is 216 g/mol. The highest BCUT2D eigenvalue weighted by Gasteiger charge is 2.12. The number of aliphatic hydroxyl groups excluding tert-OH is 1. The summed E-state index contributed by atoms with van der Waals surface area (Å²) in [5.41, 5.74) is 3.34. The third kappa shape index (κ3) is 2.14. The molecule has 0 bridgehead atoms. The van der Waals surface area contributed by atoms with Gasteiger partial charge in [0.2, 0.25) is 0 Å². The molecule has 0 radical (unpaired) electrons. The highest BCUT2D eigenvalue weighted by Crippen LogP contribution is 2.22. The summed E-state index contributed by atoms with van der Waals surface area (Å²) in [6, 6.07) is 6.00. The number of aromatic nitrogens is 2. The van der Waals surface area contributed by atoms with Gasteiger partial charge in [-0.25, -0.2) is 4.98 Å². The first-order valence-electron chi connectivity index (χ1n) is 5.41. The van der Waals surface area contributed by atoms with Gasteiger partial charge in [0.05, 0.1) is 6.10 Å². The van der Waals surface area contributed by atoms with Crippen molar-refractivity contribution in [3.63, 3.8) is 0 Å². The molecular weight excluding hydrogens is 200 g/mol. The number of benzene rings is 1. The summed E-state index contributed by atoms with van der Waals surface area (Å²) in [5, 5.41) is 10.1. The molecule has 2 N–H and O–H groups in total. The number of imidazole rings is 1. The number of hydrogen-bond acceptors (Lipinski definition) is 2. The van der Waals surface area contributed by atoms with Crippen LogP contribution in [0.5, 0.6) is 0 Å². The highest BCUT2D eigenvalue weighted by atomic mass is 16.3. The van der Waals surface area contributed by atoms with Gasteiger partial charge in [0.1, 0.15) is 5.82 Å². The van der Waals surface area contributed by atoms with E-state index in [1.54, 1.807) is 12.4 Å². The number of aryl methyl sites for hydroxylation is 1. The minimum Gasteiger partial charge on any atom is -0.388 e. The number of H-pyrrole nitrogens is 1. The van der Waals surface area contributed by atoms with E-state index in [9.17, 15) is 5.11 Å². The van der Waals surface area contributed by atoms with Crippen LogP contribution in [0.2, 0.25) is 0 Å². The largest absolute Gasteiger partial charge is 0.388 e. The van der Waals surface area contributed by atoms with E-state index in [2.05, 4.69) is 23.0 Å². The fraction of sp³-hybridized carbons (Fsp3) is 0.308. The van der Waals surface area contributed by atoms with Crippen LogP contribution in [-0.2, 0) is 6.42 Å². The Kier molecular flexibility index (Phi) is 3.06. The van der Waals surface area contributed by atoms with E-state index >= 15 is 0 Å². The predicted octanol–water partition coefficient (Wildman–Crippen LogP) is 2.30. The fourth-order valence-corrected chi connectivity index (χ4v) is 1.84. The molecule has 16 heavy (non-hydrogen) atoms. The first kappa shape index (κ1) is 10.9. The zero-order valence-corrected chi connectivity index (χ0v) is 9.57. The normalized spacial score (nSPS) is 12.7. The molecule has 2 aromatic rings. The molecule has 0 aliphatic carbocycles. The molecule has 0 fully saturated rings. The van der Waals surface area contributed by atoms with E-state index in [0.717, 1.165) is 17.0 Å². The summed E-state index contributed by atoms with van der Waals surface area (Å²) in [6.07, 6.45) is 3.50. The van der Waals surface area contributed by atoms with Crippen molar-refractivity contribution < 1.29 is 5.11 Å². The topological polar surface area (TPSA) is 48.9 Å². The number of hydrogen-bond donors (Lipinski definition) is 2. The van der Waals surface area contributed by atoms with Crippen LogP contribution in [0, 0.1) is 13.8 Å². The lowest BCUT2D eigenvalue weighted by Crippen LogP contribution is -2.05. The van der Waals surface area contributed by atoms with E-state index in [4.69, 9.17) is 0 Å². The van der Waals surface area contributed by atoms with Gasteiger partial charge in [0, 0.05) is 18.8 Å². The van der Waals surface area contributed by atoms with Crippen molar-refractivity contribution in [1.82, 2.24) is 9.97 Å². The van der Waals surface area contributed by atoms with Crippen LogP contribution in [0.25, 0.3) is 0 Å². The molecule has 1 atom stereocenters. The van der Waals surface area contributed by atoms with Gasteiger partial charge < -0.3 is 10.1 Å². The second-order valence-corrected chi connectivity index (χ2v) is 4.04. The summed E-state index contributed by atoms with van der Waals surface area (Å²) < 4.78 is 0. The van der Waals surface area contributed by atoms with Gasteiger partial charge in [0.15, 0.2) is 0 Å². The van der Waals surface area contributed by atoms with E-state index < -0.39 is 6.10 Å². The Morgan fingerprint density at radius 1 is 1.38 bits per heavy atom. The first-order valence-corrected chi connectivity index (χ1v) is 5.41. The Morgan fingerprint density at radius 2 is 2.19 bits per heavy atom. The molecule has 3 nitrogen and oxygen atoms in total. The van der Waals surface area contributed by atoms with Crippen LogP contribution in [0.3, 0.4) is 0 Å². The molecule has 3 heteroatoms. The summed E-state index contributed by atoms with van der Waals surface area (Å²) in [7, 11) is 0. The van der Waals surface area contributed by atoms with Gasteiger partial charge in [-0.05, 0) is 30.5 Å². The lowest BCUT2D eigenvalue weighted by molar-refractivity contribution is 0.175. The molecule has 2 rings (SSSR count). The van der Waals surface area contributed by atoms with Crippen molar-refractivity contribution in [1.29, 1.82) is 0 Å². The van der Waals surface area contributed by atoms with Crippen LogP contribution in [0.4, 0.5) is 0 Å². The van der Waals surface area contributed by atoms with Gasteiger partial charge in [0.25, 0.3) is 0 Å². The van der Waals surface area contributed by atoms with Crippen LogP contribution < -0.4 is 0 Å². The molecule has 0 saturated carbocycles. The average molecular weight is 216 g/mol. The predicted molar refractivity (Wildman–Crippen MR) is 63.2 cm³/mol. The molecule has 1 heterocycles. The van der Waals surface area contributed by atoms with Crippen LogP contribution in [-0.4, -0.2) is 15.1 Å². The van der Waals surface area contributed by atoms with Crippen molar-refractivity contribution in [3.8, 4) is 0 Å². The molecule has 0 aliphatic heterocycles. The molecule has 1 aromatic carbocycles. The summed E-state index contributed by atoms with van der Waals surface area (Å²) >= 11 is 0. The number of aliphatic hydroxyl groups is 1. The van der Waals surface area contributed by atoms with Gasteiger partial charge in [-0.1, -0.05) is 18.2 Å². The van der Waals surface area contributed by atoms with Crippen molar-refractivity contribution in [2.24, 2.45) is 0 Å². The van der Waals surface area contributed by atoms with Crippen molar-refractivity contribution in [2.45, 2.75) is 26.4 Å². The Hall–Kier alpha value is -1.61. The maximum absolute atomic E-state index is 10.1. The average Bonchev–Trinajstić information content (AvgIpc) is 2.74. The second-order valence-electron chi connectivity index (χ2n) is 4.04. The highest BCUT2D eigenvalue weighted by molar-refractivity contribution is 5.34. The Morgan fingerprint density at radius 3 is 2.88 bits per heavy atom. The number of nitrogens with zero attached hydrogens (tertiary/aromatic N) is 1. The molecule has 1 aromatic heterocycles. The third-order valence-electron chi connectivity index (χ3n) is 2.95. The fourth-order valence-electron chi connectivity index (χ4n) is 1.84. The van der Waals surface area contributed by atoms with Gasteiger partial charge in [-0.15, -0.1) is 0 Å². The smallest absolute Gasteiger partial charge is 0.108 e. The summed E-state index contributed by atoms with van der Waals surface area (Å²) in [5.74, 6) is 0.813. The minimum atomic E-state index is -0.494. The lowest BCUT2D eigenvalue weighted by Gasteiger charge is -2.14. The third-order valence-corrected chi connectivity index (χ3v) is 2.95. The Labute approximate surface area is 95.2 Å². The maximum atomic E-state index is 10.1. The zero-order valence-electron chi connectivity index (χ0n) is 9.57. The first-order chi connectivity index (χ1) is 7.68. The van der Waals surface area contributed by atoms with E-state index in [1.807, 2.05) is 19.1 Å². The van der Waals surface area contributed by atoms with Crippen LogP contribution in [0.15, 0.2) is 30.6 Å². The standard InChI is InChI=1S/C13H16N2O/c1-9-4-3-5-11(10(9)2)12(16)8-13-14-6-7-15-13/h3-7,12,16H,8H2,1-2H3,(H,14,15). The van der Waals surface area contributed by atoms with Crippen molar-refractivity contribution >= 4 is 0 Å². The molecule has 0 spiro atoms. The summed E-state index contributed by atoms with van der Waals surface area (Å²) in [6.45, 7) is 4.09. The van der Waals surface area contributed by atoms with E-state index in [1.165, 1.54) is 5.56 Å². The van der Waals surface area contributed by atoms with Crippen LogP contribution in [0.1, 0.15) is 28.6 Å². The van der Waals surface area contributed by atoms with Crippen molar-refractivity contribution in [3.05, 3.63) is 53.1 Å². The second kappa shape index (κ2) is 4.49. The SMILES string of the molecule is Cc1cccc(C(O)Cc2ncc[nH]2)c1C. The molecule has 0 saturated heterocycles. The minimum absolute atomic E-state index is 0.494. The maximum Gasteiger partial charge on any atom is 0.108 e. The van der Waals surface area contributed by atoms with Gasteiger partial charge in [-0.2, -0.15) is 0 Å². The molecule has 0 amide bonds. The van der Waals surface area contributed by atoms with E-state index in [-0.39, 0.29) is 0 Å². The number of aromatic amines is 1. The molecule has 1 unspecified atom stereocenters. The molecular formula is C13H16N2O. The van der Waals surface area contributed by atoms with Gasteiger partial charge >= 0.3 is 0 Å². The lowest BCUT2D eigenvalue weighted by atomic mass is 9.97. The Balaban J connectivity index is 2.21. The molecule has 0 aliphatic rings. The molecule has 84 valence electrons. The Bertz CT molecular complexity index is 463. The van der Waals surface area contributed by atoms with Crippen LogP contribution >= 0.6 is 0 Å². The summed E-state index contributed by atoms with van der Waals surface area (Å²) in [4.78, 5) is 7.12. The number of rotatable bonds is 3. The zero-order chi connectivity index (χ0) is 11.5. The number of nitrogens with one attached hydrogen (secondary N) is 1.